The number of rotatable bonds is 22. The third-order valence-corrected chi connectivity index (χ3v) is 15.4. The largest absolute Gasteiger partial charge is 0.392 e. The topological polar surface area (TPSA) is 148 Å². The minimum Gasteiger partial charge on any atom is -0.392 e. The van der Waals surface area contributed by atoms with Crippen molar-refractivity contribution in [3.8, 4) is 49.7 Å². The van der Waals surface area contributed by atoms with E-state index >= 15 is 0 Å². The first kappa shape index (κ1) is 46.5. The first-order chi connectivity index (χ1) is 29.8. The summed E-state index contributed by atoms with van der Waals surface area (Å²) in [5, 5.41) is 27.9. The Balaban J connectivity index is 1.18. The Morgan fingerprint density at radius 3 is 2.05 bits per heavy atom. The monoisotopic (exact) mass is 927 g/mol. The minimum atomic E-state index is -0.832. The van der Waals surface area contributed by atoms with Crippen molar-refractivity contribution in [3.63, 3.8) is 0 Å². The fourth-order valence-corrected chi connectivity index (χ4v) is 11.8. The van der Waals surface area contributed by atoms with Gasteiger partial charge in [0, 0.05) is 44.5 Å². The van der Waals surface area contributed by atoms with Crippen molar-refractivity contribution < 1.29 is 24.2 Å². The summed E-state index contributed by atoms with van der Waals surface area (Å²) >= 11 is 9.56. The van der Waals surface area contributed by atoms with Crippen LogP contribution < -0.4 is 0 Å². The lowest BCUT2D eigenvalue weighted by atomic mass is 9.94. The molecule has 6 aromatic rings. The molecule has 0 radical (unpaired) electrons. The van der Waals surface area contributed by atoms with Gasteiger partial charge in [0.25, 0.3) is 0 Å². The normalized spacial score (nSPS) is 11.1. The van der Waals surface area contributed by atoms with E-state index in [1.807, 2.05) is 71.9 Å². The first-order valence-electron chi connectivity index (χ1n) is 19.7. The molecule has 61 heavy (non-hydrogen) atoms. The molecule has 0 aliphatic rings. The van der Waals surface area contributed by atoms with E-state index in [0.717, 1.165) is 86.4 Å². The van der Waals surface area contributed by atoms with Crippen LogP contribution >= 0.6 is 69.7 Å². The SMILES string of the molecule is CCCCSCSc1nc(-c2nccs2)cc(-c2ccc(COCC(=O)OC(=O)c3c(SCSCCCC)nc(-c4nccs4)c(C)c3-c3ccc(CO)cc3)cc2)c1C#N. The van der Waals surface area contributed by atoms with E-state index in [9.17, 15) is 20.0 Å². The predicted molar refractivity (Wildman–Crippen MR) is 253 cm³/mol. The molecule has 0 aliphatic carbocycles. The van der Waals surface area contributed by atoms with Crippen LogP contribution in [-0.2, 0) is 27.5 Å². The van der Waals surface area contributed by atoms with Gasteiger partial charge in [-0.15, -0.1) is 22.7 Å². The zero-order chi connectivity index (χ0) is 43.0. The molecule has 4 aromatic heterocycles. The molecule has 10 nitrogen and oxygen atoms in total. The van der Waals surface area contributed by atoms with Crippen LogP contribution in [0.3, 0.4) is 0 Å². The fraction of sp³-hybridized carbons (Fsp3) is 0.311. The van der Waals surface area contributed by atoms with E-state index in [2.05, 4.69) is 29.9 Å². The van der Waals surface area contributed by atoms with Gasteiger partial charge in [-0.05, 0) is 65.2 Å². The summed E-state index contributed by atoms with van der Waals surface area (Å²) in [6.45, 7) is 5.72. The van der Waals surface area contributed by atoms with E-state index in [1.54, 1.807) is 48.1 Å². The number of ether oxygens (including phenoxy) is 2. The number of hydrogen-bond acceptors (Lipinski definition) is 16. The van der Waals surface area contributed by atoms with Crippen LogP contribution in [0.25, 0.3) is 43.7 Å². The Labute approximate surface area is 381 Å². The summed E-state index contributed by atoms with van der Waals surface area (Å²) < 4.78 is 11.3. The number of carbonyl (C=O) groups excluding carboxylic acids is 2. The summed E-state index contributed by atoms with van der Waals surface area (Å²) in [5.74, 6) is 0.380. The molecule has 0 spiro atoms. The molecular weight excluding hydrogens is 883 g/mol. The maximum Gasteiger partial charge on any atom is 0.349 e. The van der Waals surface area contributed by atoms with E-state index in [-0.39, 0.29) is 18.8 Å². The van der Waals surface area contributed by atoms with Crippen LogP contribution in [0, 0.1) is 18.3 Å². The number of aliphatic hydroxyl groups excluding tert-OH is 1. The van der Waals surface area contributed by atoms with Gasteiger partial charge in [0.2, 0.25) is 0 Å². The van der Waals surface area contributed by atoms with E-state index < -0.39 is 18.5 Å². The van der Waals surface area contributed by atoms with Crippen LogP contribution in [0.4, 0.5) is 0 Å². The van der Waals surface area contributed by atoms with Crippen LogP contribution in [0.1, 0.15) is 72.1 Å². The maximum atomic E-state index is 14.1. The minimum absolute atomic E-state index is 0.0905. The van der Waals surface area contributed by atoms with Gasteiger partial charge in [0.1, 0.15) is 49.7 Å². The molecule has 0 amide bonds. The number of nitrogens with zero attached hydrogens (tertiary/aromatic N) is 5. The van der Waals surface area contributed by atoms with Crippen molar-refractivity contribution >= 4 is 81.7 Å². The molecular formula is C45H45N5O5S6. The third kappa shape index (κ3) is 12.5. The van der Waals surface area contributed by atoms with Gasteiger partial charge < -0.3 is 14.6 Å². The smallest absolute Gasteiger partial charge is 0.349 e. The number of benzene rings is 2. The summed E-state index contributed by atoms with van der Waals surface area (Å²) in [4.78, 5) is 46.2. The number of hydrogen-bond donors (Lipinski definition) is 1. The molecule has 16 heteroatoms. The lowest BCUT2D eigenvalue weighted by Crippen LogP contribution is -2.20. The van der Waals surface area contributed by atoms with Gasteiger partial charge in [-0.2, -0.15) is 28.8 Å². The number of unbranched alkanes of at least 4 members (excludes halogenated alkanes) is 2. The number of aromatic nitrogens is 4. The Morgan fingerprint density at radius 1 is 0.820 bits per heavy atom. The Kier molecular flexibility index (Phi) is 18.3. The van der Waals surface area contributed by atoms with Crippen LogP contribution in [0.2, 0.25) is 0 Å². The molecule has 0 bridgehead atoms. The summed E-state index contributed by atoms with van der Waals surface area (Å²) in [6.07, 6.45) is 7.91. The molecule has 6 rings (SSSR count). The highest BCUT2D eigenvalue weighted by molar-refractivity contribution is 8.16. The van der Waals surface area contributed by atoms with E-state index in [0.29, 0.717) is 37.0 Å². The number of thiazole rings is 2. The average Bonchev–Trinajstić information content (AvgIpc) is 4.03. The molecule has 0 atom stereocenters. The lowest BCUT2D eigenvalue weighted by Gasteiger charge is -2.18. The molecule has 2 aromatic carbocycles. The first-order valence-corrected chi connectivity index (χ1v) is 25.7. The van der Waals surface area contributed by atoms with Gasteiger partial charge in [-0.1, -0.05) is 98.7 Å². The second kappa shape index (κ2) is 24.0. The summed E-state index contributed by atoms with van der Waals surface area (Å²) in [7, 11) is 0. The van der Waals surface area contributed by atoms with Gasteiger partial charge >= 0.3 is 11.9 Å². The van der Waals surface area contributed by atoms with Crippen molar-refractivity contribution in [2.75, 3.05) is 28.3 Å². The summed E-state index contributed by atoms with van der Waals surface area (Å²) in [6, 6.07) is 19.2. The van der Waals surface area contributed by atoms with Crippen molar-refractivity contribution in [3.05, 3.63) is 106 Å². The highest BCUT2D eigenvalue weighted by Crippen LogP contribution is 2.41. The van der Waals surface area contributed by atoms with Crippen molar-refractivity contribution in [2.24, 2.45) is 0 Å². The Hall–Kier alpha value is -4.05. The quantitative estimate of drug-likeness (QED) is 0.0226. The van der Waals surface area contributed by atoms with Crippen LogP contribution in [0.5, 0.6) is 0 Å². The standard InChI is InChI=1S/C45H45N5O5S6/c1-4-6-18-56-27-60-41-35(23-46)34(22-36(49-41)42-47-16-20-58-42)32-12-10-31(11-13-32)25-54-26-37(52)55-45(53)39-38(33-14-8-30(24-51)9-15-33)29(3)40(44-48-17-21-59-44)50-43(39)61-28-57-19-7-5-2/h8-17,20-22,51H,4-7,18-19,24-28H2,1-3H3. The molecule has 0 saturated carbocycles. The second-order valence-corrected chi connectivity index (χ2v) is 20.2. The van der Waals surface area contributed by atoms with E-state index in [4.69, 9.17) is 19.4 Å². The summed E-state index contributed by atoms with van der Waals surface area (Å²) in [5.41, 5.74) is 7.25. The Morgan fingerprint density at radius 2 is 1.44 bits per heavy atom. The second-order valence-electron chi connectivity index (χ2n) is 13.5. The number of esters is 2. The number of nitriles is 1. The van der Waals surface area contributed by atoms with Crippen molar-refractivity contribution in [2.45, 2.75) is 69.7 Å². The average molecular weight is 928 g/mol. The number of carbonyl (C=O) groups is 2. The Bertz CT molecular complexity index is 2410. The predicted octanol–water partition coefficient (Wildman–Crippen LogP) is 11.8. The molecule has 1 N–H and O–H groups in total. The van der Waals surface area contributed by atoms with Gasteiger partial charge in [0.15, 0.2) is 0 Å². The fourth-order valence-electron chi connectivity index (χ4n) is 6.08. The van der Waals surface area contributed by atoms with E-state index in [1.165, 1.54) is 34.4 Å². The molecule has 0 unspecified atom stereocenters. The van der Waals surface area contributed by atoms with Gasteiger partial charge in [0.05, 0.1) is 18.8 Å². The number of thioether (sulfide) groups is 4. The molecule has 0 saturated heterocycles. The maximum absolute atomic E-state index is 14.1. The van der Waals surface area contributed by atoms with Crippen LogP contribution in [-0.4, -0.2) is 65.3 Å². The molecule has 0 aliphatic heterocycles. The number of aliphatic hydroxyl groups is 1. The van der Waals surface area contributed by atoms with Crippen LogP contribution in [0.15, 0.2) is 87.8 Å². The number of pyridine rings is 2. The van der Waals surface area contributed by atoms with Gasteiger partial charge in [-0.25, -0.2) is 29.5 Å². The highest BCUT2D eigenvalue weighted by atomic mass is 32.2. The zero-order valence-electron chi connectivity index (χ0n) is 34.0. The van der Waals surface area contributed by atoms with Crippen molar-refractivity contribution in [1.29, 1.82) is 5.26 Å². The molecule has 0 fully saturated rings. The third-order valence-electron chi connectivity index (χ3n) is 9.22. The molecule has 4 heterocycles. The molecule has 316 valence electrons. The lowest BCUT2D eigenvalue weighted by molar-refractivity contribution is -0.143. The van der Waals surface area contributed by atoms with Crippen molar-refractivity contribution in [1.82, 2.24) is 19.9 Å². The van der Waals surface area contributed by atoms with Gasteiger partial charge in [-0.3, -0.25) is 0 Å². The zero-order valence-corrected chi connectivity index (χ0v) is 38.9. The highest BCUT2D eigenvalue weighted by Gasteiger charge is 2.28.